The number of nitrogens with zero attached hydrogens (tertiary/aromatic N) is 3. The Bertz CT molecular complexity index is 1410. The molecule has 2 aliphatic heterocycles. The number of sulfone groups is 1. The average molecular weight is 523 g/mol. The summed E-state index contributed by atoms with van der Waals surface area (Å²) in [7, 11) is -2.96. The van der Waals surface area contributed by atoms with Crippen molar-refractivity contribution in [3.05, 3.63) is 71.5 Å². The number of ether oxygens (including phenoxy) is 1. The standard InChI is InChI=1S/C27H30N4O5S/c1-18-2-4-19(5-3-18)12-26(32)30-10-8-23(9-11-30)36-25-7-6-20(13-24(25)27(28)33)21-14-29-31(15-21)22-16-37(34,35)17-22/h2-7,13-15,22-23H,8-12,16-17H2,1H3,(H2,28,33). The van der Waals surface area contributed by atoms with Gasteiger partial charge in [0.05, 0.1) is 35.7 Å². The van der Waals surface area contributed by atoms with Gasteiger partial charge in [-0.2, -0.15) is 5.10 Å². The highest BCUT2D eigenvalue weighted by Crippen LogP contribution is 2.30. The lowest BCUT2D eigenvalue weighted by atomic mass is 10.0. The van der Waals surface area contributed by atoms with E-state index in [4.69, 9.17) is 10.5 Å². The predicted molar refractivity (Wildman–Crippen MR) is 139 cm³/mol. The lowest BCUT2D eigenvalue weighted by molar-refractivity contribution is -0.132. The van der Waals surface area contributed by atoms with Gasteiger partial charge < -0.3 is 15.4 Å². The number of hydrogen-bond acceptors (Lipinski definition) is 6. The second kappa shape index (κ2) is 10.0. The van der Waals surface area contributed by atoms with Crippen molar-refractivity contribution in [2.75, 3.05) is 24.6 Å². The molecule has 1 aromatic heterocycles. The van der Waals surface area contributed by atoms with Crippen LogP contribution in [0.3, 0.4) is 0 Å². The molecule has 2 amide bonds. The van der Waals surface area contributed by atoms with Gasteiger partial charge in [-0.25, -0.2) is 8.42 Å². The number of piperidine rings is 1. The molecule has 0 atom stereocenters. The molecule has 0 spiro atoms. The summed E-state index contributed by atoms with van der Waals surface area (Å²) in [6.45, 7) is 3.21. The lowest BCUT2D eigenvalue weighted by Gasteiger charge is -2.32. The van der Waals surface area contributed by atoms with Crippen LogP contribution in [0.15, 0.2) is 54.9 Å². The van der Waals surface area contributed by atoms with Crippen molar-refractivity contribution in [3.63, 3.8) is 0 Å². The van der Waals surface area contributed by atoms with Crippen LogP contribution in [0, 0.1) is 6.92 Å². The first-order valence-electron chi connectivity index (χ1n) is 12.4. The number of aryl methyl sites for hydroxylation is 1. The summed E-state index contributed by atoms with van der Waals surface area (Å²) < 4.78 is 30.8. The van der Waals surface area contributed by atoms with E-state index in [0.717, 1.165) is 16.7 Å². The maximum atomic E-state index is 12.7. The number of hydrogen-bond donors (Lipinski definition) is 1. The van der Waals surface area contributed by atoms with Crippen LogP contribution in [-0.4, -0.2) is 65.6 Å². The van der Waals surface area contributed by atoms with E-state index < -0.39 is 15.7 Å². The van der Waals surface area contributed by atoms with Crippen molar-refractivity contribution in [3.8, 4) is 16.9 Å². The van der Waals surface area contributed by atoms with Gasteiger partial charge in [-0.15, -0.1) is 0 Å². The van der Waals surface area contributed by atoms with Crippen molar-refractivity contribution in [2.24, 2.45) is 5.73 Å². The minimum absolute atomic E-state index is 0.0871. The molecular formula is C27H30N4O5S. The molecular weight excluding hydrogens is 492 g/mol. The Labute approximate surface area is 216 Å². The second-order valence-corrected chi connectivity index (χ2v) is 12.0. The highest BCUT2D eigenvalue weighted by molar-refractivity contribution is 7.92. The molecule has 0 saturated carbocycles. The summed E-state index contributed by atoms with van der Waals surface area (Å²) in [5.41, 5.74) is 9.61. The van der Waals surface area contributed by atoms with Crippen molar-refractivity contribution >= 4 is 21.7 Å². The fourth-order valence-corrected chi connectivity index (χ4v) is 6.16. The Balaban J connectivity index is 1.21. The molecule has 0 unspecified atom stereocenters. The summed E-state index contributed by atoms with van der Waals surface area (Å²) in [5.74, 6) is 0.0934. The molecule has 194 valence electrons. The number of benzene rings is 2. The summed E-state index contributed by atoms with van der Waals surface area (Å²) in [4.78, 5) is 26.8. The van der Waals surface area contributed by atoms with E-state index in [1.165, 1.54) is 5.56 Å². The van der Waals surface area contributed by atoms with E-state index in [2.05, 4.69) is 5.10 Å². The number of likely N-dealkylation sites (tertiary alicyclic amines) is 1. The van der Waals surface area contributed by atoms with Gasteiger partial charge >= 0.3 is 0 Å². The van der Waals surface area contributed by atoms with Gasteiger partial charge in [0.15, 0.2) is 9.84 Å². The number of rotatable bonds is 7. The SMILES string of the molecule is Cc1ccc(CC(=O)N2CCC(Oc3ccc(-c4cnn(C5CS(=O)(=O)C5)c4)cc3C(N)=O)CC2)cc1. The monoisotopic (exact) mass is 522 g/mol. The van der Waals surface area contributed by atoms with Crippen molar-refractivity contribution in [1.29, 1.82) is 0 Å². The third-order valence-electron chi connectivity index (χ3n) is 7.01. The van der Waals surface area contributed by atoms with Crippen LogP contribution in [0.25, 0.3) is 11.1 Å². The Morgan fingerprint density at radius 2 is 1.76 bits per heavy atom. The first-order valence-corrected chi connectivity index (χ1v) is 14.2. The van der Waals surface area contributed by atoms with Gasteiger partial charge in [0, 0.05) is 37.7 Å². The van der Waals surface area contributed by atoms with Crippen molar-refractivity contribution < 1.29 is 22.7 Å². The normalized spacial score (nSPS) is 17.8. The molecule has 0 aliphatic carbocycles. The third kappa shape index (κ3) is 5.69. The number of carbonyl (C=O) groups is 2. The molecule has 2 aromatic carbocycles. The first-order chi connectivity index (χ1) is 17.7. The summed E-state index contributed by atoms with van der Waals surface area (Å²) >= 11 is 0. The van der Waals surface area contributed by atoms with E-state index in [9.17, 15) is 18.0 Å². The predicted octanol–water partition coefficient (Wildman–Crippen LogP) is 2.54. The fourth-order valence-electron chi connectivity index (χ4n) is 4.78. The van der Waals surface area contributed by atoms with E-state index in [0.29, 0.717) is 38.1 Å². The molecule has 10 heteroatoms. The van der Waals surface area contributed by atoms with Crippen LogP contribution < -0.4 is 10.5 Å². The van der Waals surface area contributed by atoms with Crippen molar-refractivity contribution in [2.45, 2.75) is 38.3 Å². The van der Waals surface area contributed by atoms with Gasteiger partial charge in [-0.3, -0.25) is 14.3 Å². The molecule has 3 heterocycles. The minimum Gasteiger partial charge on any atom is -0.489 e. The number of amides is 2. The molecule has 2 N–H and O–H groups in total. The fraction of sp³-hybridized carbons (Fsp3) is 0.370. The van der Waals surface area contributed by atoms with Gasteiger partial charge in [0.1, 0.15) is 11.9 Å². The third-order valence-corrected chi connectivity index (χ3v) is 8.80. The average Bonchev–Trinajstić information content (AvgIpc) is 3.34. The molecule has 3 aromatic rings. The Morgan fingerprint density at radius 3 is 2.41 bits per heavy atom. The van der Waals surface area contributed by atoms with Gasteiger partial charge in [-0.1, -0.05) is 35.9 Å². The van der Waals surface area contributed by atoms with Crippen LogP contribution in [0.1, 0.15) is 40.4 Å². The summed E-state index contributed by atoms with van der Waals surface area (Å²) in [5, 5.41) is 4.29. The maximum absolute atomic E-state index is 12.7. The molecule has 0 radical (unpaired) electrons. The van der Waals surface area contributed by atoms with E-state index in [-0.39, 0.29) is 35.1 Å². The molecule has 5 rings (SSSR count). The second-order valence-electron chi connectivity index (χ2n) is 9.88. The lowest BCUT2D eigenvalue weighted by Crippen LogP contribution is -2.42. The number of primary amides is 1. The van der Waals surface area contributed by atoms with E-state index in [1.807, 2.05) is 42.2 Å². The topological polar surface area (TPSA) is 125 Å². The summed E-state index contributed by atoms with van der Waals surface area (Å²) in [6.07, 6.45) is 5.01. The van der Waals surface area contributed by atoms with Crippen molar-refractivity contribution in [1.82, 2.24) is 14.7 Å². The zero-order chi connectivity index (χ0) is 26.2. The van der Waals surface area contributed by atoms with Crippen LogP contribution in [0.4, 0.5) is 0 Å². The van der Waals surface area contributed by atoms with Crippen LogP contribution in [-0.2, 0) is 21.1 Å². The zero-order valence-electron chi connectivity index (χ0n) is 20.7. The van der Waals surface area contributed by atoms with Crippen LogP contribution >= 0.6 is 0 Å². The molecule has 2 fully saturated rings. The highest BCUT2D eigenvalue weighted by atomic mass is 32.2. The highest BCUT2D eigenvalue weighted by Gasteiger charge is 2.35. The van der Waals surface area contributed by atoms with E-state index >= 15 is 0 Å². The zero-order valence-corrected chi connectivity index (χ0v) is 21.5. The Hall–Kier alpha value is -3.66. The van der Waals surface area contributed by atoms with E-state index in [1.54, 1.807) is 29.2 Å². The quantitative estimate of drug-likeness (QED) is 0.509. The number of aromatic nitrogens is 2. The maximum Gasteiger partial charge on any atom is 0.252 e. The number of nitrogens with two attached hydrogens (primary N) is 1. The summed E-state index contributed by atoms with van der Waals surface area (Å²) in [6, 6.07) is 13.1. The smallest absolute Gasteiger partial charge is 0.252 e. The Morgan fingerprint density at radius 1 is 1.05 bits per heavy atom. The largest absolute Gasteiger partial charge is 0.489 e. The van der Waals surface area contributed by atoms with Crippen LogP contribution in [0.5, 0.6) is 5.75 Å². The molecule has 2 saturated heterocycles. The van der Waals surface area contributed by atoms with Gasteiger partial charge in [0.2, 0.25) is 5.91 Å². The molecule has 9 nitrogen and oxygen atoms in total. The van der Waals surface area contributed by atoms with Gasteiger partial charge in [-0.05, 0) is 30.2 Å². The first kappa shape index (κ1) is 25.0. The van der Waals surface area contributed by atoms with Crippen LogP contribution in [0.2, 0.25) is 0 Å². The molecule has 37 heavy (non-hydrogen) atoms. The minimum atomic E-state index is -2.96. The van der Waals surface area contributed by atoms with Gasteiger partial charge in [0.25, 0.3) is 5.91 Å². The number of carbonyl (C=O) groups excluding carboxylic acids is 2. The molecule has 2 aliphatic rings. The molecule has 0 bridgehead atoms. The Kier molecular flexibility index (Phi) is 6.76.